The lowest BCUT2D eigenvalue weighted by atomic mass is 10.5. The lowest BCUT2D eigenvalue weighted by Crippen LogP contribution is -2.08. The van der Waals surface area contributed by atoms with Crippen LogP contribution < -0.4 is 11.1 Å². The molecule has 8 heteroatoms. The van der Waals surface area contributed by atoms with Crippen molar-refractivity contribution in [3.63, 3.8) is 0 Å². The molecule has 2 aromatic rings. The minimum atomic E-state index is 0.449. The first kappa shape index (κ1) is 11.6. The van der Waals surface area contributed by atoms with E-state index in [1.165, 1.54) is 11.8 Å². The standard InChI is InChI=1S/C9H13N7S/c1-16-5-12-15-8(16)4-11-7-3-6(10)13-9(14-7)17-2/h3,5H,4H2,1-2H3,(H3,10,11,13,14). The molecule has 90 valence electrons. The predicted molar refractivity (Wildman–Crippen MR) is 66.6 cm³/mol. The number of hydrogen-bond donors (Lipinski definition) is 2. The minimum absolute atomic E-state index is 0.449. The SMILES string of the molecule is CSc1nc(N)cc(NCc2nncn2C)n1. The molecule has 3 N–H and O–H groups in total. The summed E-state index contributed by atoms with van der Waals surface area (Å²) in [6, 6.07) is 1.69. The molecule has 0 aliphatic heterocycles. The molecule has 2 heterocycles. The van der Waals surface area contributed by atoms with Crippen LogP contribution in [0.1, 0.15) is 5.82 Å². The number of nitrogen functional groups attached to an aromatic ring is 1. The number of anilines is 2. The molecule has 0 amide bonds. The summed E-state index contributed by atoms with van der Waals surface area (Å²) in [5.74, 6) is 1.96. The van der Waals surface area contributed by atoms with E-state index < -0.39 is 0 Å². The van der Waals surface area contributed by atoms with Crippen molar-refractivity contribution in [2.24, 2.45) is 7.05 Å². The lowest BCUT2D eigenvalue weighted by molar-refractivity contribution is 0.807. The third kappa shape index (κ3) is 2.84. The van der Waals surface area contributed by atoms with E-state index >= 15 is 0 Å². The molecular weight excluding hydrogens is 238 g/mol. The van der Waals surface area contributed by atoms with Crippen molar-refractivity contribution in [1.29, 1.82) is 0 Å². The van der Waals surface area contributed by atoms with E-state index in [1.807, 2.05) is 17.9 Å². The molecule has 0 fully saturated rings. The van der Waals surface area contributed by atoms with Crippen molar-refractivity contribution < 1.29 is 0 Å². The molecule has 0 saturated carbocycles. The van der Waals surface area contributed by atoms with E-state index in [2.05, 4.69) is 25.5 Å². The highest BCUT2D eigenvalue weighted by molar-refractivity contribution is 7.98. The number of aryl methyl sites for hydroxylation is 1. The maximum atomic E-state index is 5.68. The molecule has 0 aromatic carbocycles. The summed E-state index contributed by atoms with van der Waals surface area (Å²) in [6.45, 7) is 0.542. The third-order valence-corrected chi connectivity index (χ3v) is 2.69. The number of thioether (sulfide) groups is 1. The van der Waals surface area contributed by atoms with Gasteiger partial charge in [0.2, 0.25) is 0 Å². The molecule has 0 saturated heterocycles. The Morgan fingerprint density at radius 3 is 2.94 bits per heavy atom. The highest BCUT2D eigenvalue weighted by atomic mass is 32.2. The Balaban J connectivity index is 2.09. The average molecular weight is 251 g/mol. The van der Waals surface area contributed by atoms with E-state index in [1.54, 1.807) is 12.4 Å². The van der Waals surface area contributed by atoms with E-state index in [0.29, 0.717) is 23.3 Å². The van der Waals surface area contributed by atoms with E-state index in [9.17, 15) is 0 Å². The fourth-order valence-electron chi connectivity index (χ4n) is 1.26. The van der Waals surface area contributed by atoms with Crippen LogP contribution in [0.25, 0.3) is 0 Å². The van der Waals surface area contributed by atoms with E-state index in [-0.39, 0.29) is 0 Å². The summed E-state index contributed by atoms with van der Waals surface area (Å²) in [5, 5.41) is 11.5. The fourth-order valence-corrected chi connectivity index (χ4v) is 1.65. The Kier molecular flexibility index (Phi) is 3.43. The Bertz CT molecular complexity index is 510. The van der Waals surface area contributed by atoms with Gasteiger partial charge in [-0.15, -0.1) is 10.2 Å². The van der Waals surface area contributed by atoms with Gasteiger partial charge in [-0.05, 0) is 6.26 Å². The second kappa shape index (κ2) is 5.00. The lowest BCUT2D eigenvalue weighted by Gasteiger charge is -2.06. The number of aromatic nitrogens is 5. The average Bonchev–Trinajstić information content (AvgIpc) is 2.71. The van der Waals surface area contributed by atoms with Gasteiger partial charge < -0.3 is 15.6 Å². The summed E-state index contributed by atoms with van der Waals surface area (Å²) in [6.07, 6.45) is 3.56. The van der Waals surface area contributed by atoms with Gasteiger partial charge in [0, 0.05) is 13.1 Å². The zero-order chi connectivity index (χ0) is 12.3. The second-order valence-corrected chi connectivity index (χ2v) is 4.15. The summed E-state index contributed by atoms with van der Waals surface area (Å²) < 4.78 is 1.84. The van der Waals surface area contributed by atoms with E-state index in [0.717, 1.165) is 5.82 Å². The molecule has 2 aromatic heterocycles. The third-order valence-electron chi connectivity index (χ3n) is 2.14. The Hall–Kier alpha value is -1.83. The number of hydrogen-bond acceptors (Lipinski definition) is 7. The number of rotatable bonds is 4. The van der Waals surface area contributed by atoms with Crippen LogP contribution in [0, 0.1) is 0 Å². The summed E-state index contributed by atoms with van der Waals surface area (Å²) in [5.41, 5.74) is 5.68. The Morgan fingerprint density at radius 2 is 2.29 bits per heavy atom. The summed E-state index contributed by atoms with van der Waals surface area (Å²) >= 11 is 1.45. The van der Waals surface area contributed by atoms with Gasteiger partial charge in [0.1, 0.15) is 18.0 Å². The molecule has 17 heavy (non-hydrogen) atoms. The Morgan fingerprint density at radius 1 is 1.47 bits per heavy atom. The normalized spacial score (nSPS) is 10.5. The van der Waals surface area contributed by atoms with Gasteiger partial charge in [0.25, 0.3) is 0 Å². The maximum Gasteiger partial charge on any atom is 0.191 e. The predicted octanol–water partition coefficient (Wildman–Crippen LogP) is 0.521. The van der Waals surface area contributed by atoms with Gasteiger partial charge in [0.15, 0.2) is 11.0 Å². The van der Waals surface area contributed by atoms with Gasteiger partial charge in [-0.2, -0.15) is 0 Å². The first-order chi connectivity index (χ1) is 8.19. The molecular formula is C9H13N7S. The maximum absolute atomic E-state index is 5.68. The monoisotopic (exact) mass is 251 g/mol. The van der Waals surface area contributed by atoms with Crippen LogP contribution in [0.2, 0.25) is 0 Å². The van der Waals surface area contributed by atoms with Gasteiger partial charge in [0.05, 0.1) is 6.54 Å². The summed E-state index contributed by atoms with van der Waals surface area (Å²) in [4.78, 5) is 8.36. The van der Waals surface area contributed by atoms with Crippen LogP contribution in [-0.2, 0) is 13.6 Å². The Labute approximate surface area is 103 Å². The van der Waals surface area contributed by atoms with Crippen molar-refractivity contribution >= 4 is 23.4 Å². The van der Waals surface area contributed by atoms with Crippen LogP contribution >= 0.6 is 11.8 Å². The fraction of sp³-hybridized carbons (Fsp3) is 0.333. The molecule has 0 unspecified atom stereocenters. The van der Waals surface area contributed by atoms with Crippen LogP contribution in [-0.4, -0.2) is 31.0 Å². The molecule has 2 rings (SSSR count). The largest absolute Gasteiger partial charge is 0.383 e. The molecule has 0 radical (unpaired) electrons. The highest BCUT2D eigenvalue weighted by Crippen LogP contribution is 2.15. The molecule has 7 nitrogen and oxygen atoms in total. The second-order valence-electron chi connectivity index (χ2n) is 3.38. The van der Waals surface area contributed by atoms with Gasteiger partial charge >= 0.3 is 0 Å². The number of nitrogens with zero attached hydrogens (tertiary/aromatic N) is 5. The van der Waals surface area contributed by atoms with Crippen LogP contribution in [0.5, 0.6) is 0 Å². The molecule has 0 aliphatic rings. The smallest absolute Gasteiger partial charge is 0.191 e. The molecule has 0 aliphatic carbocycles. The first-order valence-corrected chi connectivity index (χ1v) is 6.17. The number of nitrogens with one attached hydrogen (secondary N) is 1. The van der Waals surface area contributed by atoms with E-state index in [4.69, 9.17) is 5.73 Å². The van der Waals surface area contributed by atoms with Gasteiger partial charge in [-0.3, -0.25) is 0 Å². The number of nitrogens with two attached hydrogens (primary N) is 1. The van der Waals surface area contributed by atoms with Crippen molar-refractivity contribution in [2.75, 3.05) is 17.3 Å². The van der Waals surface area contributed by atoms with Crippen LogP contribution in [0.15, 0.2) is 17.6 Å². The van der Waals surface area contributed by atoms with Crippen LogP contribution in [0.4, 0.5) is 11.6 Å². The zero-order valence-electron chi connectivity index (χ0n) is 9.58. The molecule has 0 bridgehead atoms. The first-order valence-electron chi connectivity index (χ1n) is 4.94. The molecule has 0 atom stereocenters. The minimum Gasteiger partial charge on any atom is -0.383 e. The highest BCUT2D eigenvalue weighted by Gasteiger charge is 2.04. The summed E-state index contributed by atoms with van der Waals surface area (Å²) in [7, 11) is 1.89. The zero-order valence-corrected chi connectivity index (χ0v) is 10.4. The van der Waals surface area contributed by atoms with Gasteiger partial charge in [-0.25, -0.2) is 9.97 Å². The molecule has 0 spiro atoms. The quantitative estimate of drug-likeness (QED) is 0.604. The van der Waals surface area contributed by atoms with Crippen molar-refractivity contribution in [3.05, 3.63) is 18.2 Å². The van der Waals surface area contributed by atoms with Crippen molar-refractivity contribution in [2.45, 2.75) is 11.7 Å². The van der Waals surface area contributed by atoms with Crippen molar-refractivity contribution in [3.8, 4) is 0 Å². The van der Waals surface area contributed by atoms with Crippen LogP contribution in [0.3, 0.4) is 0 Å². The van der Waals surface area contributed by atoms with Gasteiger partial charge in [-0.1, -0.05) is 11.8 Å². The topological polar surface area (TPSA) is 94.5 Å². The van der Waals surface area contributed by atoms with Crippen molar-refractivity contribution in [1.82, 2.24) is 24.7 Å².